The summed E-state index contributed by atoms with van der Waals surface area (Å²) in [5.74, 6) is -0.650. The number of nitrogens with two attached hydrogens (primary N) is 1. The Morgan fingerprint density at radius 1 is 1.00 bits per heavy atom. The van der Waals surface area contributed by atoms with Gasteiger partial charge in [0, 0.05) is 13.1 Å². The van der Waals surface area contributed by atoms with Gasteiger partial charge in [0.2, 0.25) is 5.91 Å². The summed E-state index contributed by atoms with van der Waals surface area (Å²) in [5, 5.41) is 3.98. The maximum absolute atomic E-state index is 12.6. The Hall–Kier alpha value is -2.14. The quantitative estimate of drug-likeness (QED) is 0.946. The van der Waals surface area contributed by atoms with Crippen LogP contribution in [0.5, 0.6) is 0 Å². The molecule has 2 aromatic rings. The second-order valence-corrected chi connectivity index (χ2v) is 6.27. The number of hydrogen-bond donors (Lipinski definition) is 1. The van der Waals surface area contributed by atoms with Crippen molar-refractivity contribution in [3.05, 3.63) is 46.2 Å². The van der Waals surface area contributed by atoms with Gasteiger partial charge in [0.25, 0.3) is 5.91 Å². The molecule has 0 saturated carbocycles. The van der Waals surface area contributed by atoms with E-state index in [1.54, 1.807) is 23.5 Å². The molecule has 2 amide bonds. The Kier molecular flexibility index (Phi) is 4.24. The van der Waals surface area contributed by atoms with Crippen molar-refractivity contribution >= 4 is 23.2 Å². The van der Waals surface area contributed by atoms with Crippen LogP contribution < -0.4 is 5.73 Å². The van der Waals surface area contributed by atoms with E-state index in [9.17, 15) is 9.59 Å². The minimum absolute atomic E-state index is 0.0923. The predicted octanol–water partition coefficient (Wildman–Crippen LogP) is 3.14. The van der Waals surface area contributed by atoms with E-state index in [-0.39, 0.29) is 5.91 Å². The Morgan fingerprint density at radius 3 is 2.41 bits per heavy atom. The molecule has 0 bridgehead atoms. The number of piperidine rings is 1. The molecule has 1 aliphatic heterocycles. The van der Waals surface area contributed by atoms with Crippen LogP contribution in [0.3, 0.4) is 0 Å². The van der Waals surface area contributed by atoms with Gasteiger partial charge in [-0.2, -0.15) is 11.3 Å². The number of rotatable bonds is 3. The number of hydrogen-bond acceptors (Lipinski definition) is 3. The molecule has 1 saturated heterocycles. The van der Waals surface area contributed by atoms with Gasteiger partial charge in [-0.1, -0.05) is 6.07 Å². The zero-order valence-corrected chi connectivity index (χ0v) is 13.1. The van der Waals surface area contributed by atoms with Crippen molar-refractivity contribution in [2.45, 2.75) is 19.3 Å². The summed E-state index contributed by atoms with van der Waals surface area (Å²) >= 11 is 1.59. The molecular formula is C17H18N2O2S. The highest BCUT2D eigenvalue weighted by Gasteiger charge is 2.22. The maximum atomic E-state index is 12.6. The van der Waals surface area contributed by atoms with Gasteiger partial charge in [-0.3, -0.25) is 9.59 Å². The Balaban J connectivity index is 1.96. The average molecular weight is 314 g/mol. The summed E-state index contributed by atoms with van der Waals surface area (Å²) in [5.41, 5.74) is 8.15. The highest BCUT2D eigenvalue weighted by molar-refractivity contribution is 7.08. The summed E-state index contributed by atoms with van der Waals surface area (Å²) in [7, 11) is 0. The lowest BCUT2D eigenvalue weighted by atomic mass is 9.98. The first-order valence-corrected chi connectivity index (χ1v) is 8.37. The summed E-state index contributed by atoms with van der Waals surface area (Å²) in [6, 6.07) is 7.31. The molecule has 2 N–H and O–H groups in total. The zero-order chi connectivity index (χ0) is 15.5. The molecule has 114 valence electrons. The van der Waals surface area contributed by atoms with Crippen molar-refractivity contribution < 1.29 is 9.59 Å². The van der Waals surface area contributed by atoms with Gasteiger partial charge in [0.15, 0.2) is 0 Å². The lowest BCUT2D eigenvalue weighted by molar-refractivity contribution is 0.0720. The smallest absolute Gasteiger partial charge is 0.254 e. The van der Waals surface area contributed by atoms with E-state index in [1.807, 2.05) is 27.8 Å². The molecule has 5 heteroatoms. The minimum atomic E-state index is -0.558. The summed E-state index contributed by atoms with van der Waals surface area (Å²) in [6.07, 6.45) is 3.19. The van der Waals surface area contributed by atoms with Crippen LogP contribution in [0, 0.1) is 0 Å². The van der Waals surface area contributed by atoms with Crippen LogP contribution in [-0.2, 0) is 0 Å². The molecule has 0 atom stereocenters. The van der Waals surface area contributed by atoms with E-state index >= 15 is 0 Å². The highest BCUT2D eigenvalue weighted by Crippen LogP contribution is 2.26. The molecular weight excluding hydrogens is 296 g/mol. The summed E-state index contributed by atoms with van der Waals surface area (Å²) < 4.78 is 0. The number of carbonyl (C=O) groups excluding carboxylic acids is 2. The van der Waals surface area contributed by atoms with E-state index in [0.29, 0.717) is 11.1 Å². The molecule has 1 aromatic heterocycles. The zero-order valence-electron chi connectivity index (χ0n) is 12.2. The van der Waals surface area contributed by atoms with Crippen LogP contribution in [0.1, 0.15) is 40.0 Å². The van der Waals surface area contributed by atoms with E-state index < -0.39 is 5.91 Å². The molecule has 3 rings (SSSR count). The predicted molar refractivity (Wildman–Crippen MR) is 88.0 cm³/mol. The van der Waals surface area contributed by atoms with Gasteiger partial charge in [0.05, 0.1) is 11.1 Å². The Labute approximate surface area is 133 Å². The molecule has 0 radical (unpaired) electrons. The number of primary amides is 1. The number of benzene rings is 1. The molecule has 1 aliphatic rings. The van der Waals surface area contributed by atoms with Crippen molar-refractivity contribution in [1.29, 1.82) is 0 Å². The fourth-order valence-electron chi connectivity index (χ4n) is 2.81. The van der Waals surface area contributed by atoms with Gasteiger partial charge >= 0.3 is 0 Å². The average Bonchev–Trinajstić information content (AvgIpc) is 3.09. The van der Waals surface area contributed by atoms with Crippen LogP contribution in [0.4, 0.5) is 0 Å². The second kappa shape index (κ2) is 6.32. The monoisotopic (exact) mass is 314 g/mol. The lowest BCUT2D eigenvalue weighted by Crippen LogP contribution is -2.36. The van der Waals surface area contributed by atoms with Crippen LogP contribution in [0.15, 0.2) is 35.0 Å². The van der Waals surface area contributed by atoms with Crippen LogP contribution in [-0.4, -0.2) is 29.8 Å². The second-order valence-electron chi connectivity index (χ2n) is 5.49. The van der Waals surface area contributed by atoms with Gasteiger partial charge < -0.3 is 10.6 Å². The van der Waals surface area contributed by atoms with Gasteiger partial charge in [-0.05, 0) is 59.3 Å². The van der Waals surface area contributed by atoms with Crippen molar-refractivity contribution in [3.8, 4) is 11.1 Å². The first-order chi connectivity index (χ1) is 10.7. The maximum Gasteiger partial charge on any atom is 0.254 e. The topological polar surface area (TPSA) is 63.4 Å². The third-order valence-corrected chi connectivity index (χ3v) is 4.70. The van der Waals surface area contributed by atoms with E-state index in [2.05, 4.69) is 0 Å². The normalized spacial score (nSPS) is 14.8. The van der Waals surface area contributed by atoms with Gasteiger partial charge in [-0.25, -0.2) is 0 Å². The number of carbonyl (C=O) groups is 2. The molecule has 1 aromatic carbocycles. The van der Waals surface area contributed by atoms with Gasteiger partial charge in [-0.15, -0.1) is 0 Å². The van der Waals surface area contributed by atoms with E-state index in [4.69, 9.17) is 5.73 Å². The van der Waals surface area contributed by atoms with Crippen LogP contribution >= 0.6 is 11.3 Å². The molecule has 22 heavy (non-hydrogen) atoms. The summed E-state index contributed by atoms with van der Waals surface area (Å²) in [6.45, 7) is 1.51. The molecule has 4 nitrogen and oxygen atoms in total. The number of likely N-dealkylation sites (tertiary alicyclic amines) is 1. The first-order valence-electron chi connectivity index (χ1n) is 7.42. The van der Waals surface area contributed by atoms with E-state index in [1.165, 1.54) is 0 Å². The number of thiophene rings is 1. The fraction of sp³-hybridized carbons (Fsp3) is 0.294. The summed E-state index contributed by atoms with van der Waals surface area (Å²) in [4.78, 5) is 26.2. The molecule has 2 heterocycles. The molecule has 0 aliphatic carbocycles. The third-order valence-electron chi connectivity index (χ3n) is 4.01. The van der Waals surface area contributed by atoms with Crippen molar-refractivity contribution in [3.63, 3.8) is 0 Å². The first kappa shape index (κ1) is 14.8. The minimum Gasteiger partial charge on any atom is -0.366 e. The standard InChI is InChI=1S/C17H18N2O2S/c18-16(20)15-10-12(13-6-9-22-11-13)4-5-14(15)17(21)19-7-2-1-3-8-19/h4-6,9-11H,1-3,7-8H2,(H2,18,20). The third kappa shape index (κ3) is 2.90. The highest BCUT2D eigenvalue weighted by atomic mass is 32.1. The van der Waals surface area contributed by atoms with Crippen molar-refractivity contribution in [2.24, 2.45) is 5.73 Å². The number of nitrogens with zero attached hydrogens (tertiary/aromatic N) is 1. The van der Waals surface area contributed by atoms with Crippen LogP contribution in [0.2, 0.25) is 0 Å². The lowest BCUT2D eigenvalue weighted by Gasteiger charge is -2.27. The molecule has 0 spiro atoms. The van der Waals surface area contributed by atoms with Gasteiger partial charge in [0.1, 0.15) is 0 Å². The fourth-order valence-corrected chi connectivity index (χ4v) is 3.48. The largest absolute Gasteiger partial charge is 0.366 e. The SMILES string of the molecule is NC(=O)c1cc(-c2ccsc2)ccc1C(=O)N1CCCCC1. The number of amides is 2. The molecule has 1 fully saturated rings. The Bertz CT molecular complexity index is 689. The molecule has 0 unspecified atom stereocenters. The van der Waals surface area contributed by atoms with E-state index in [0.717, 1.165) is 43.5 Å². The van der Waals surface area contributed by atoms with Crippen molar-refractivity contribution in [2.75, 3.05) is 13.1 Å². The van der Waals surface area contributed by atoms with Crippen LogP contribution in [0.25, 0.3) is 11.1 Å². The van der Waals surface area contributed by atoms with Crippen molar-refractivity contribution in [1.82, 2.24) is 4.90 Å². The Morgan fingerprint density at radius 2 is 1.77 bits per heavy atom.